The van der Waals surface area contributed by atoms with Crippen LogP contribution in [0.5, 0.6) is 11.5 Å². The molecule has 0 fully saturated rings. The quantitative estimate of drug-likeness (QED) is 0.194. The van der Waals surface area contributed by atoms with E-state index in [1.165, 1.54) is 92.9 Å². The molecule has 0 bridgehead atoms. The van der Waals surface area contributed by atoms with Crippen LogP contribution in [0.4, 0.5) is 0 Å². The van der Waals surface area contributed by atoms with Gasteiger partial charge in [0, 0.05) is 5.56 Å². The van der Waals surface area contributed by atoms with Crippen molar-refractivity contribution in [2.75, 3.05) is 7.11 Å². The summed E-state index contributed by atoms with van der Waals surface area (Å²) in [5, 5.41) is 0. The first-order chi connectivity index (χ1) is 18.5. The zero-order valence-corrected chi connectivity index (χ0v) is 28.5. The number of rotatable bonds is 17. The number of ether oxygens (including phenoxy) is 2. The van der Waals surface area contributed by atoms with Crippen LogP contribution in [-0.4, -0.2) is 12.7 Å². The molecule has 1 aromatic rings. The van der Waals surface area contributed by atoms with E-state index in [-0.39, 0.29) is 5.60 Å². The molecule has 1 aliphatic heterocycles. The Morgan fingerprint density at radius 3 is 1.62 bits per heavy atom. The number of fused-ring (bicyclic) bond motifs is 1. The lowest BCUT2D eigenvalue weighted by atomic mass is 9.83. The van der Waals surface area contributed by atoms with Gasteiger partial charge < -0.3 is 9.47 Å². The van der Waals surface area contributed by atoms with Crippen LogP contribution in [0.3, 0.4) is 0 Å². The van der Waals surface area contributed by atoms with Crippen LogP contribution in [0.1, 0.15) is 161 Å². The maximum absolute atomic E-state index is 6.74. The van der Waals surface area contributed by atoms with Gasteiger partial charge in [-0.25, -0.2) is 0 Å². The summed E-state index contributed by atoms with van der Waals surface area (Å²) in [5.74, 6) is 5.66. The van der Waals surface area contributed by atoms with Crippen molar-refractivity contribution < 1.29 is 9.47 Å². The molecule has 0 aromatic heterocycles. The Hall–Kier alpha value is -1.18. The molecule has 0 spiro atoms. The molecule has 2 nitrogen and oxygen atoms in total. The normalized spacial score (nSPS) is 19.0. The Kier molecular flexibility index (Phi) is 16.8. The molecule has 39 heavy (non-hydrogen) atoms. The van der Waals surface area contributed by atoms with Gasteiger partial charge in [0.25, 0.3) is 0 Å². The van der Waals surface area contributed by atoms with Gasteiger partial charge in [-0.3, -0.25) is 0 Å². The third-order valence-corrected chi connectivity index (χ3v) is 9.44. The maximum Gasteiger partial charge on any atom is 0.127 e. The van der Waals surface area contributed by atoms with Crippen LogP contribution >= 0.6 is 0 Å². The van der Waals surface area contributed by atoms with Gasteiger partial charge in [-0.2, -0.15) is 0 Å². The molecule has 0 amide bonds. The first kappa shape index (κ1) is 35.8. The molecular formula is C37H68O2. The fourth-order valence-corrected chi connectivity index (χ4v) is 6.53. The first-order valence-electron chi connectivity index (χ1n) is 16.8. The second-order valence-corrected chi connectivity index (χ2v) is 13.7. The Bertz CT molecular complexity index is 810. The summed E-state index contributed by atoms with van der Waals surface area (Å²) in [5.41, 5.74) is 5.07. The lowest BCUT2D eigenvalue weighted by molar-refractivity contribution is 0.0512. The Morgan fingerprint density at radius 2 is 1.15 bits per heavy atom. The molecule has 1 aliphatic rings. The molecule has 0 aliphatic carbocycles. The fraction of sp³-hybridized carbons (Fsp3) is 0.838. The smallest absolute Gasteiger partial charge is 0.127 e. The highest BCUT2D eigenvalue weighted by Crippen LogP contribution is 2.44. The average molecular weight is 545 g/mol. The minimum Gasteiger partial charge on any atom is -0.496 e. The molecule has 0 saturated carbocycles. The van der Waals surface area contributed by atoms with Gasteiger partial charge >= 0.3 is 0 Å². The summed E-state index contributed by atoms with van der Waals surface area (Å²) in [6, 6.07) is 0. The van der Waals surface area contributed by atoms with E-state index in [2.05, 4.69) is 62.3 Å². The summed E-state index contributed by atoms with van der Waals surface area (Å²) in [7, 11) is 1.79. The summed E-state index contributed by atoms with van der Waals surface area (Å²) < 4.78 is 12.4. The molecule has 2 rings (SSSR count). The second kappa shape index (κ2) is 18.3. The fourth-order valence-electron chi connectivity index (χ4n) is 6.53. The molecule has 2 heteroatoms. The third-order valence-electron chi connectivity index (χ3n) is 9.44. The van der Waals surface area contributed by atoms with Gasteiger partial charge in [0.1, 0.15) is 17.1 Å². The van der Waals surface area contributed by atoms with E-state index >= 15 is 0 Å². The van der Waals surface area contributed by atoms with Crippen LogP contribution in [0, 0.1) is 44.4 Å². The van der Waals surface area contributed by atoms with Crippen LogP contribution in [0.2, 0.25) is 0 Å². The highest BCUT2D eigenvalue weighted by Gasteiger charge is 2.34. The monoisotopic (exact) mass is 545 g/mol. The highest BCUT2D eigenvalue weighted by molar-refractivity contribution is 5.58. The Balaban J connectivity index is 0.00000371. The molecule has 0 N–H and O–H groups in total. The van der Waals surface area contributed by atoms with Crippen molar-refractivity contribution in [1.29, 1.82) is 0 Å². The van der Waals surface area contributed by atoms with Gasteiger partial charge in [0.2, 0.25) is 0 Å². The van der Waals surface area contributed by atoms with Gasteiger partial charge in [-0.05, 0) is 93.7 Å². The molecule has 4 atom stereocenters. The predicted octanol–water partition coefficient (Wildman–Crippen LogP) is 12.0. The summed E-state index contributed by atoms with van der Waals surface area (Å²) >= 11 is 0. The summed E-state index contributed by atoms with van der Waals surface area (Å²) in [6.07, 6.45) is 18.7. The molecule has 0 radical (unpaired) electrons. The first-order valence-corrected chi connectivity index (χ1v) is 16.8. The van der Waals surface area contributed by atoms with Crippen molar-refractivity contribution in [3.8, 4) is 11.5 Å². The minimum atomic E-state index is -0.0363. The van der Waals surface area contributed by atoms with E-state index < -0.39 is 0 Å². The van der Waals surface area contributed by atoms with Crippen molar-refractivity contribution in [1.82, 2.24) is 0 Å². The second-order valence-electron chi connectivity index (χ2n) is 13.7. The van der Waals surface area contributed by atoms with Crippen molar-refractivity contribution in [2.45, 2.75) is 172 Å². The van der Waals surface area contributed by atoms with Crippen molar-refractivity contribution in [3.63, 3.8) is 0 Å². The third kappa shape index (κ3) is 12.1. The molecule has 228 valence electrons. The maximum atomic E-state index is 6.74. The Morgan fingerprint density at radius 1 is 0.692 bits per heavy atom. The van der Waals surface area contributed by atoms with Crippen LogP contribution in [-0.2, 0) is 6.42 Å². The molecule has 1 heterocycles. The number of hydrogen-bond donors (Lipinski definition) is 0. The molecule has 4 unspecified atom stereocenters. The van der Waals surface area contributed by atoms with Crippen molar-refractivity contribution in [2.24, 2.45) is 23.7 Å². The molecule has 0 saturated heterocycles. The standard InChI is InChI=1S/C35H62O2.C2H6/c1-25(2)15-11-16-26(3)17-12-18-27(4)19-13-20-28(5)21-14-23-35(9)24-22-32-31(8)33(36-10)29(6)30(7)34(32)37-35;1-2/h25-28H,11-24H2,1-10H3;1-2H3. The number of benzene rings is 1. The Labute approximate surface area is 245 Å². The van der Waals surface area contributed by atoms with E-state index in [9.17, 15) is 0 Å². The van der Waals surface area contributed by atoms with Crippen LogP contribution in [0.15, 0.2) is 0 Å². The zero-order valence-electron chi connectivity index (χ0n) is 28.5. The van der Waals surface area contributed by atoms with E-state index in [0.717, 1.165) is 54.4 Å². The van der Waals surface area contributed by atoms with Gasteiger partial charge in [-0.1, -0.05) is 113 Å². The largest absolute Gasteiger partial charge is 0.496 e. The average Bonchev–Trinajstić information content (AvgIpc) is 2.88. The van der Waals surface area contributed by atoms with Gasteiger partial charge in [0.15, 0.2) is 0 Å². The summed E-state index contributed by atoms with van der Waals surface area (Å²) in [6.45, 7) is 25.0. The summed E-state index contributed by atoms with van der Waals surface area (Å²) in [4.78, 5) is 0. The zero-order chi connectivity index (χ0) is 29.6. The number of hydrogen-bond acceptors (Lipinski definition) is 2. The van der Waals surface area contributed by atoms with E-state index in [4.69, 9.17) is 9.47 Å². The predicted molar refractivity (Wildman–Crippen MR) is 174 cm³/mol. The lowest BCUT2D eigenvalue weighted by Crippen LogP contribution is -2.37. The minimum absolute atomic E-state index is 0.0363. The van der Waals surface area contributed by atoms with Crippen LogP contribution < -0.4 is 9.47 Å². The van der Waals surface area contributed by atoms with Crippen LogP contribution in [0.25, 0.3) is 0 Å². The van der Waals surface area contributed by atoms with Crippen molar-refractivity contribution >= 4 is 0 Å². The van der Waals surface area contributed by atoms with Gasteiger partial charge in [0.05, 0.1) is 7.11 Å². The molecular weight excluding hydrogens is 476 g/mol. The van der Waals surface area contributed by atoms with E-state index in [1.807, 2.05) is 13.8 Å². The van der Waals surface area contributed by atoms with E-state index in [0.29, 0.717) is 0 Å². The number of methoxy groups -OCH3 is 1. The van der Waals surface area contributed by atoms with Crippen molar-refractivity contribution in [3.05, 3.63) is 22.3 Å². The molecule has 1 aromatic carbocycles. The lowest BCUT2D eigenvalue weighted by Gasteiger charge is -2.38. The highest BCUT2D eigenvalue weighted by atomic mass is 16.5. The van der Waals surface area contributed by atoms with Gasteiger partial charge in [-0.15, -0.1) is 0 Å². The topological polar surface area (TPSA) is 18.5 Å². The van der Waals surface area contributed by atoms with E-state index in [1.54, 1.807) is 7.11 Å². The SMILES string of the molecule is CC.COc1c(C)c(C)c2c(c1C)CCC(C)(CCCC(C)CCCC(C)CCCC(C)CCCC(C)C)O2.